The Morgan fingerprint density at radius 3 is 2.43 bits per heavy atom. The van der Waals surface area contributed by atoms with E-state index < -0.39 is 0 Å². The van der Waals surface area contributed by atoms with Crippen molar-refractivity contribution in [3.63, 3.8) is 0 Å². The first kappa shape index (κ1) is 18.1. The maximum Gasteiger partial charge on any atom is 0.0652 e. The van der Waals surface area contributed by atoms with E-state index >= 15 is 0 Å². The summed E-state index contributed by atoms with van der Waals surface area (Å²) in [6.45, 7) is 5.61. The highest BCUT2D eigenvalue weighted by molar-refractivity contribution is 6.36. The Labute approximate surface area is 141 Å². The van der Waals surface area contributed by atoms with Gasteiger partial charge in [-0.1, -0.05) is 46.5 Å². The van der Waals surface area contributed by atoms with Gasteiger partial charge >= 0.3 is 0 Å². The number of benzene rings is 1. The Balaban J connectivity index is 3.00. The Morgan fingerprint density at radius 2 is 1.90 bits per heavy atom. The molecule has 5 heteroatoms. The third-order valence-electron chi connectivity index (χ3n) is 2.90. The highest BCUT2D eigenvalue weighted by Gasteiger charge is 2.13. The molecule has 0 amide bonds. The van der Waals surface area contributed by atoms with Gasteiger partial charge in [-0.25, -0.2) is 0 Å². The van der Waals surface area contributed by atoms with Crippen LogP contribution in [0, 0.1) is 5.41 Å². The molecule has 0 aliphatic carbocycles. The van der Waals surface area contributed by atoms with Crippen molar-refractivity contribution < 1.29 is 0 Å². The molecule has 0 saturated heterocycles. The second kappa shape index (κ2) is 8.47. The molecule has 114 valence electrons. The molecule has 0 aromatic heterocycles. The summed E-state index contributed by atoms with van der Waals surface area (Å²) in [6, 6.07) is 5.30. The van der Waals surface area contributed by atoms with E-state index in [0.717, 1.165) is 11.3 Å². The smallest absolute Gasteiger partial charge is 0.0652 e. The lowest BCUT2D eigenvalue weighted by Crippen LogP contribution is -2.23. The fourth-order valence-corrected chi connectivity index (χ4v) is 2.31. The predicted octanol–water partition coefficient (Wildman–Crippen LogP) is 6.29. The van der Waals surface area contributed by atoms with Crippen molar-refractivity contribution in [2.75, 3.05) is 5.32 Å². The van der Waals surface area contributed by atoms with Crippen LogP contribution in [0.4, 0.5) is 5.69 Å². The first-order valence-corrected chi connectivity index (χ1v) is 7.69. The summed E-state index contributed by atoms with van der Waals surface area (Å²) in [5, 5.41) is 13.0. The van der Waals surface area contributed by atoms with Gasteiger partial charge < -0.3 is 10.7 Å². The average molecular weight is 346 g/mol. The molecule has 0 radical (unpaired) electrons. The summed E-state index contributed by atoms with van der Waals surface area (Å²) in [5.74, 6) is 0. The summed E-state index contributed by atoms with van der Waals surface area (Å²) >= 11 is 17.9. The third-order valence-corrected chi connectivity index (χ3v) is 3.57. The normalized spacial score (nSPS) is 14.0. The zero-order valence-electron chi connectivity index (χ0n) is 12.3. The van der Waals surface area contributed by atoms with E-state index in [1.54, 1.807) is 19.1 Å². The number of hydrogen-bond donors (Lipinski definition) is 2. The largest absolute Gasteiger partial charge is 0.377 e. The van der Waals surface area contributed by atoms with Crippen LogP contribution in [0.5, 0.6) is 0 Å². The molecule has 1 aromatic rings. The molecule has 0 bridgehead atoms. The number of hydrogen-bond acceptors (Lipinski definition) is 2. The fourth-order valence-electron chi connectivity index (χ4n) is 1.79. The van der Waals surface area contributed by atoms with Crippen molar-refractivity contribution in [2.45, 2.75) is 33.2 Å². The summed E-state index contributed by atoms with van der Waals surface area (Å²) in [5.41, 5.74) is 2.47. The second-order valence-corrected chi connectivity index (χ2v) is 6.41. The maximum absolute atomic E-state index is 7.73. The summed E-state index contributed by atoms with van der Waals surface area (Å²) in [4.78, 5) is 0. The van der Waals surface area contributed by atoms with E-state index in [2.05, 4.69) is 5.32 Å². The molecule has 2 nitrogen and oxygen atoms in total. The molecule has 1 atom stereocenters. The van der Waals surface area contributed by atoms with E-state index in [1.165, 1.54) is 0 Å². The van der Waals surface area contributed by atoms with Gasteiger partial charge in [0.1, 0.15) is 0 Å². The zero-order valence-corrected chi connectivity index (χ0v) is 14.6. The van der Waals surface area contributed by atoms with Crippen LogP contribution in [-0.2, 0) is 0 Å². The van der Waals surface area contributed by atoms with Crippen LogP contribution in [0.25, 0.3) is 0 Å². The highest BCUT2D eigenvalue weighted by Crippen LogP contribution is 2.27. The fraction of sp³-hybridized carbons (Fsp3) is 0.312. The van der Waals surface area contributed by atoms with Gasteiger partial charge in [0.2, 0.25) is 0 Å². The first-order chi connectivity index (χ1) is 9.79. The van der Waals surface area contributed by atoms with Crippen LogP contribution in [0.2, 0.25) is 10.0 Å². The Kier molecular flexibility index (Phi) is 7.30. The van der Waals surface area contributed by atoms with Gasteiger partial charge in [-0.05, 0) is 45.0 Å². The Bertz CT molecular complexity index is 573. The minimum atomic E-state index is -0.0200. The van der Waals surface area contributed by atoms with Crippen molar-refractivity contribution in [1.29, 1.82) is 5.41 Å². The summed E-state index contributed by atoms with van der Waals surface area (Å²) < 4.78 is 0. The van der Waals surface area contributed by atoms with Gasteiger partial charge in [-0.15, -0.1) is 0 Å². The van der Waals surface area contributed by atoms with Crippen LogP contribution in [0.15, 0.2) is 41.0 Å². The number of rotatable bonds is 6. The molecule has 21 heavy (non-hydrogen) atoms. The van der Waals surface area contributed by atoms with Gasteiger partial charge in [-0.3, -0.25) is 0 Å². The number of allylic oxidation sites excluding steroid dienone is 3. The van der Waals surface area contributed by atoms with Crippen molar-refractivity contribution in [3.8, 4) is 0 Å². The zero-order chi connectivity index (χ0) is 16.0. The lowest BCUT2D eigenvalue weighted by Gasteiger charge is -2.21. The summed E-state index contributed by atoms with van der Waals surface area (Å²) in [6.07, 6.45) is 4.39. The molecular formula is C16H19Cl3N2. The summed E-state index contributed by atoms with van der Waals surface area (Å²) in [7, 11) is 0. The van der Waals surface area contributed by atoms with E-state index in [-0.39, 0.29) is 6.04 Å². The molecule has 1 unspecified atom stereocenters. The monoisotopic (exact) mass is 344 g/mol. The molecule has 0 heterocycles. The van der Waals surface area contributed by atoms with Crippen molar-refractivity contribution in [1.82, 2.24) is 0 Å². The molecule has 2 N–H and O–H groups in total. The lowest BCUT2D eigenvalue weighted by molar-refractivity contribution is 0.856. The van der Waals surface area contributed by atoms with E-state index in [4.69, 9.17) is 40.2 Å². The van der Waals surface area contributed by atoms with Gasteiger partial charge in [0.05, 0.1) is 16.8 Å². The van der Waals surface area contributed by atoms with E-state index in [9.17, 15) is 0 Å². The van der Waals surface area contributed by atoms with Crippen LogP contribution < -0.4 is 5.32 Å². The van der Waals surface area contributed by atoms with Crippen molar-refractivity contribution in [3.05, 3.63) is 51.0 Å². The van der Waals surface area contributed by atoms with E-state index in [1.807, 2.05) is 32.1 Å². The van der Waals surface area contributed by atoms with Gasteiger partial charge in [0.15, 0.2) is 0 Å². The van der Waals surface area contributed by atoms with Crippen LogP contribution in [-0.4, -0.2) is 11.8 Å². The molecule has 1 aromatic carbocycles. The van der Waals surface area contributed by atoms with Crippen molar-refractivity contribution in [2.24, 2.45) is 0 Å². The molecule has 0 aliphatic heterocycles. The average Bonchev–Trinajstić information content (AvgIpc) is 2.37. The Hall–Kier alpha value is -0.960. The number of halogens is 3. The quantitative estimate of drug-likeness (QED) is 0.461. The molecule has 1 rings (SSSR count). The standard InChI is InChI=1S/C16H19Cl3N2/c1-10(4-5-11(2)17)16(8-12(3)20)21-15-7-6-13(18)9-14(15)19/h4-7,9,16,20-21H,8H2,1-3H3/b10-4+,11-5+,20-12?. The van der Waals surface area contributed by atoms with Crippen LogP contribution in [0.1, 0.15) is 27.2 Å². The molecule has 0 aliphatic rings. The van der Waals surface area contributed by atoms with Gasteiger partial charge in [0, 0.05) is 22.2 Å². The molecular weight excluding hydrogens is 327 g/mol. The highest BCUT2D eigenvalue weighted by atomic mass is 35.5. The SMILES string of the molecule is CC(=N)CC(Nc1ccc(Cl)cc1Cl)/C(C)=C/C=C(\C)Cl. The third kappa shape index (κ3) is 6.56. The predicted molar refractivity (Wildman–Crippen MR) is 95.3 cm³/mol. The maximum atomic E-state index is 7.73. The first-order valence-electron chi connectivity index (χ1n) is 6.55. The lowest BCUT2D eigenvalue weighted by atomic mass is 10.0. The van der Waals surface area contributed by atoms with Crippen molar-refractivity contribution >= 4 is 46.2 Å². The van der Waals surface area contributed by atoms with Crippen LogP contribution in [0.3, 0.4) is 0 Å². The molecule has 0 spiro atoms. The van der Waals surface area contributed by atoms with E-state index in [0.29, 0.717) is 27.2 Å². The minimum absolute atomic E-state index is 0.0200. The topological polar surface area (TPSA) is 35.9 Å². The molecule has 0 fully saturated rings. The Morgan fingerprint density at radius 1 is 1.24 bits per heavy atom. The van der Waals surface area contributed by atoms with Crippen LogP contribution >= 0.6 is 34.8 Å². The van der Waals surface area contributed by atoms with Gasteiger partial charge in [-0.2, -0.15) is 0 Å². The molecule has 0 saturated carbocycles. The number of nitrogens with one attached hydrogen (secondary N) is 2. The minimum Gasteiger partial charge on any atom is -0.377 e. The number of anilines is 1. The van der Waals surface area contributed by atoms with Gasteiger partial charge in [0.25, 0.3) is 0 Å². The second-order valence-electron chi connectivity index (χ2n) is 4.97.